The Labute approximate surface area is 98.3 Å². The number of aliphatic imine (C=N–C) groups is 2. The molecule has 88 valence electrons. The van der Waals surface area contributed by atoms with Crippen molar-refractivity contribution < 1.29 is 14.7 Å². The Morgan fingerprint density at radius 2 is 2.18 bits per heavy atom. The van der Waals surface area contributed by atoms with Crippen molar-refractivity contribution in [2.45, 2.75) is 19.3 Å². The van der Waals surface area contributed by atoms with Gasteiger partial charge in [-0.3, -0.25) is 9.59 Å². The Hall–Kier alpha value is -2.04. The van der Waals surface area contributed by atoms with Gasteiger partial charge < -0.3 is 5.11 Å². The Morgan fingerprint density at radius 3 is 2.94 bits per heavy atom. The highest BCUT2D eigenvalue weighted by molar-refractivity contribution is 6.21. The third-order valence-corrected chi connectivity index (χ3v) is 2.55. The molecule has 0 aromatic carbocycles. The van der Waals surface area contributed by atoms with E-state index in [1.807, 2.05) is 6.08 Å². The van der Waals surface area contributed by atoms with Gasteiger partial charge in [-0.25, -0.2) is 4.99 Å². The number of fused-ring (bicyclic) bond motifs is 1. The van der Waals surface area contributed by atoms with E-state index in [-0.39, 0.29) is 18.2 Å². The first-order valence-electron chi connectivity index (χ1n) is 5.43. The number of amidine groups is 1. The van der Waals surface area contributed by atoms with Crippen molar-refractivity contribution in [1.82, 2.24) is 0 Å². The summed E-state index contributed by atoms with van der Waals surface area (Å²) in [4.78, 5) is 30.2. The lowest BCUT2D eigenvalue weighted by Crippen LogP contribution is -2.26. The molecule has 0 saturated heterocycles. The smallest absolute Gasteiger partial charge is 0.303 e. The van der Waals surface area contributed by atoms with E-state index >= 15 is 0 Å². The van der Waals surface area contributed by atoms with Crippen LogP contribution < -0.4 is 0 Å². The molecule has 1 amide bonds. The van der Waals surface area contributed by atoms with Gasteiger partial charge in [0.25, 0.3) is 5.91 Å². The molecule has 1 aliphatic heterocycles. The van der Waals surface area contributed by atoms with E-state index < -0.39 is 5.97 Å². The van der Waals surface area contributed by atoms with Crippen molar-refractivity contribution in [2.75, 3.05) is 0 Å². The summed E-state index contributed by atoms with van der Waals surface area (Å²) in [7, 11) is 0. The predicted molar refractivity (Wildman–Crippen MR) is 63.1 cm³/mol. The molecular formula is C12H12N2O3. The van der Waals surface area contributed by atoms with Gasteiger partial charge in [0, 0.05) is 12.8 Å². The second-order valence-electron chi connectivity index (χ2n) is 3.87. The van der Waals surface area contributed by atoms with E-state index in [0.717, 1.165) is 0 Å². The Balaban J connectivity index is 2.03. The number of rotatable bonds is 4. The molecule has 1 aliphatic carbocycles. The molecule has 17 heavy (non-hydrogen) atoms. The van der Waals surface area contributed by atoms with Crippen molar-refractivity contribution in [3.05, 3.63) is 24.3 Å². The molecule has 0 bridgehead atoms. The third-order valence-electron chi connectivity index (χ3n) is 2.55. The lowest BCUT2D eigenvalue weighted by atomic mass is 9.96. The quantitative estimate of drug-likeness (QED) is 0.794. The van der Waals surface area contributed by atoms with Gasteiger partial charge in [-0.2, -0.15) is 4.99 Å². The van der Waals surface area contributed by atoms with Crippen LogP contribution in [0.4, 0.5) is 0 Å². The molecule has 0 saturated carbocycles. The van der Waals surface area contributed by atoms with Crippen LogP contribution in [0.15, 0.2) is 34.3 Å². The van der Waals surface area contributed by atoms with E-state index in [1.54, 1.807) is 18.2 Å². The number of allylic oxidation sites excluding steroid dienone is 3. The van der Waals surface area contributed by atoms with Gasteiger partial charge in [0.15, 0.2) is 0 Å². The fourth-order valence-corrected chi connectivity index (χ4v) is 1.73. The molecule has 0 aromatic rings. The largest absolute Gasteiger partial charge is 0.481 e. The molecule has 5 nitrogen and oxygen atoms in total. The molecule has 0 fully saturated rings. The minimum Gasteiger partial charge on any atom is -0.481 e. The van der Waals surface area contributed by atoms with E-state index in [4.69, 9.17) is 5.11 Å². The fourth-order valence-electron chi connectivity index (χ4n) is 1.73. The Bertz CT molecular complexity index is 472. The number of hydrogen-bond donors (Lipinski definition) is 1. The van der Waals surface area contributed by atoms with E-state index in [0.29, 0.717) is 24.4 Å². The van der Waals surface area contributed by atoms with E-state index in [2.05, 4.69) is 9.98 Å². The monoisotopic (exact) mass is 232 g/mol. The summed E-state index contributed by atoms with van der Waals surface area (Å²) in [5.74, 6) is -0.995. The molecule has 0 radical (unpaired) electrons. The van der Waals surface area contributed by atoms with Gasteiger partial charge in [0.2, 0.25) is 0 Å². The summed E-state index contributed by atoms with van der Waals surface area (Å²) in [5, 5.41) is 8.52. The SMILES string of the molecule is O=C(O)CCCC1=NC(=O)C2C=CC=CC2=N1. The van der Waals surface area contributed by atoms with Crippen LogP contribution in [0.1, 0.15) is 19.3 Å². The van der Waals surface area contributed by atoms with Crippen LogP contribution >= 0.6 is 0 Å². The first kappa shape index (κ1) is 11.4. The molecule has 0 aromatic heterocycles. The van der Waals surface area contributed by atoms with Crippen molar-refractivity contribution in [2.24, 2.45) is 15.9 Å². The van der Waals surface area contributed by atoms with Crippen LogP contribution in [0.25, 0.3) is 0 Å². The molecular weight excluding hydrogens is 220 g/mol. The summed E-state index contributed by atoms with van der Waals surface area (Å²) in [6.45, 7) is 0. The average molecular weight is 232 g/mol. The van der Waals surface area contributed by atoms with Gasteiger partial charge in [-0.05, 0) is 12.5 Å². The zero-order chi connectivity index (χ0) is 12.3. The maximum atomic E-state index is 11.7. The van der Waals surface area contributed by atoms with Crippen LogP contribution in [0, 0.1) is 5.92 Å². The molecule has 1 atom stereocenters. The fraction of sp³-hybridized carbons (Fsp3) is 0.333. The molecule has 1 heterocycles. The molecule has 2 rings (SSSR count). The first-order valence-corrected chi connectivity index (χ1v) is 5.43. The van der Waals surface area contributed by atoms with Gasteiger partial charge in [-0.1, -0.05) is 18.2 Å². The summed E-state index contributed by atoms with van der Waals surface area (Å²) < 4.78 is 0. The summed E-state index contributed by atoms with van der Waals surface area (Å²) in [6, 6.07) is 0. The van der Waals surface area contributed by atoms with Crippen LogP contribution in [0.2, 0.25) is 0 Å². The second-order valence-corrected chi connectivity index (χ2v) is 3.87. The molecule has 1 unspecified atom stereocenters. The number of carbonyl (C=O) groups is 2. The van der Waals surface area contributed by atoms with Crippen LogP contribution in [-0.4, -0.2) is 28.5 Å². The maximum Gasteiger partial charge on any atom is 0.303 e. The highest BCUT2D eigenvalue weighted by Crippen LogP contribution is 2.17. The average Bonchev–Trinajstić information content (AvgIpc) is 2.28. The zero-order valence-corrected chi connectivity index (χ0v) is 9.17. The Kier molecular flexibility index (Phi) is 3.27. The number of carboxylic acids is 1. The maximum absolute atomic E-state index is 11.7. The summed E-state index contributed by atoms with van der Waals surface area (Å²) >= 11 is 0. The topological polar surface area (TPSA) is 79.1 Å². The standard InChI is InChI=1S/C12H12N2O3/c15-11(16)7-3-6-10-13-9-5-2-1-4-8(9)12(17)14-10/h1-2,4-5,8H,3,6-7H2,(H,15,16). The van der Waals surface area contributed by atoms with E-state index in [9.17, 15) is 9.59 Å². The van der Waals surface area contributed by atoms with Crippen molar-refractivity contribution in [1.29, 1.82) is 0 Å². The number of hydrogen-bond acceptors (Lipinski definition) is 3. The Morgan fingerprint density at radius 1 is 1.35 bits per heavy atom. The number of amides is 1. The van der Waals surface area contributed by atoms with Crippen LogP contribution in [0.3, 0.4) is 0 Å². The molecule has 0 spiro atoms. The minimum absolute atomic E-state index is 0.0667. The lowest BCUT2D eigenvalue weighted by Gasteiger charge is -2.17. The second kappa shape index (κ2) is 4.86. The number of carboxylic acid groups (broad SMARTS) is 1. The van der Waals surface area contributed by atoms with Crippen molar-refractivity contribution in [3.8, 4) is 0 Å². The normalized spacial score (nSPS) is 21.9. The summed E-state index contributed by atoms with van der Waals surface area (Å²) in [5.41, 5.74) is 0.692. The lowest BCUT2D eigenvalue weighted by molar-refractivity contribution is -0.137. The summed E-state index contributed by atoms with van der Waals surface area (Å²) in [6.07, 6.45) is 8.11. The van der Waals surface area contributed by atoms with Gasteiger partial charge in [-0.15, -0.1) is 0 Å². The molecule has 5 heteroatoms. The number of aliphatic carboxylic acids is 1. The first-order chi connectivity index (χ1) is 8.16. The van der Waals surface area contributed by atoms with Gasteiger partial charge >= 0.3 is 5.97 Å². The van der Waals surface area contributed by atoms with E-state index in [1.165, 1.54) is 0 Å². The van der Waals surface area contributed by atoms with Crippen molar-refractivity contribution >= 4 is 23.4 Å². The number of carbonyl (C=O) groups excluding carboxylic acids is 1. The molecule has 2 aliphatic rings. The zero-order valence-electron chi connectivity index (χ0n) is 9.17. The minimum atomic E-state index is -0.848. The van der Waals surface area contributed by atoms with Gasteiger partial charge in [0.1, 0.15) is 11.8 Å². The van der Waals surface area contributed by atoms with Crippen LogP contribution in [-0.2, 0) is 9.59 Å². The van der Waals surface area contributed by atoms with Crippen LogP contribution in [0.5, 0.6) is 0 Å². The van der Waals surface area contributed by atoms with Crippen molar-refractivity contribution in [3.63, 3.8) is 0 Å². The number of nitrogens with zero attached hydrogens (tertiary/aromatic N) is 2. The molecule has 1 N–H and O–H groups in total. The van der Waals surface area contributed by atoms with Gasteiger partial charge in [0.05, 0.1) is 5.71 Å². The highest BCUT2D eigenvalue weighted by atomic mass is 16.4. The predicted octanol–water partition coefficient (Wildman–Crippen LogP) is 1.36. The highest BCUT2D eigenvalue weighted by Gasteiger charge is 2.25. The third kappa shape index (κ3) is 2.75.